The van der Waals surface area contributed by atoms with Gasteiger partial charge in [-0.1, -0.05) is 6.07 Å². The number of nitrogens with zero attached hydrogens (tertiary/aromatic N) is 1. The second-order valence-corrected chi connectivity index (χ2v) is 9.74. The molecule has 0 spiro atoms. The van der Waals surface area contributed by atoms with Crippen LogP contribution in [0.15, 0.2) is 22.9 Å². The second-order valence-electron chi connectivity index (χ2n) is 5.75. The van der Waals surface area contributed by atoms with E-state index in [9.17, 15) is 13.2 Å². The van der Waals surface area contributed by atoms with Gasteiger partial charge in [-0.25, -0.2) is 13.4 Å². The summed E-state index contributed by atoms with van der Waals surface area (Å²) in [6.45, 7) is 1.79. The molecule has 5 nitrogen and oxygen atoms in total. The lowest BCUT2D eigenvalue weighted by molar-refractivity contribution is -0.121. The molecule has 3 heterocycles. The summed E-state index contributed by atoms with van der Waals surface area (Å²) in [4.78, 5) is 17.7. The molecular formula is C14H16N2O3S3. The van der Waals surface area contributed by atoms with Gasteiger partial charge < -0.3 is 5.32 Å². The fourth-order valence-electron chi connectivity index (χ4n) is 2.56. The van der Waals surface area contributed by atoms with E-state index in [1.54, 1.807) is 18.3 Å². The number of carbonyl (C=O) groups excluding carboxylic acids is 1. The highest BCUT2D eigenvalue weighted by atomic mass is 32.2. The first-order valence-corrected chi connectivity index (χ1v) is 10.4. The van der Waals surface area contributed by atoms with Crippen LogP contribution in [0.4, 0.5) is 0 Å². The van der Waals surface area contributed by atoms with Gasteiger partial charge in [0.2, 0.25) is 5.91 Å². The molecular weight excluding hydrogens is 340 g/mol. The van der Waals surface area contributed by atoms with Crippen LogP contribution in [-0.4, -0.2) is 36.4 Å². The van der Waals surface area contributed by atoms with E-state index >= 15 is 0 Å². The van der Waals surface area contributed by atoms with Gasteiger partial charge >= 0.3 is 0 Å². The number of thiophene rings is 1. The molecule has 118 valence electrons. The van der Waals surface area contributed by atoms with Crippen molar-refractivity contribution in [3.05, 3.63) is 28.6 Å². The van der Waals surface area contributed by atoms with Crippen molar-refractivity contribution in [3.63, 3.8) is 0 Å². The summed E-state index contributed by atoms with van der Waals surface area (Å²) in [7, 11) is -3.02. The van der Waals surface area contributed by atoms with Gasteiger partial charge in [0.25, 0.3) is 0 Å². The molecule has 2 aromatic rings. The van der Waals surface area contributed by atoms with Gasteiger partial charge in [-0.2, -0.15) is 0 Å². The minimum Gasteiger partial charge on any atom is -0.350 e. The SMILES string of the molecule is C[C@]1(NC(=O)Cc2csc(-c3cccs3)n2)CCS(=O)(=O)C1. The molecule has 1 aliphatic heterocycles. The van der Waals surface area contributed by atoms with Crippen LogP contribution in [-0.2, 0) is 21.1 Å². The fourth-order valence-corrected chi connectivity index (χ4v) is 6.28. The second kappa shape index (κ2) is 5.75. The van der Waals surface area contributed by atoms with Crippen molar-refractivity contribution in [2.75, 3.05) is 11.5 Å². The minimum atomic E-state index is -3.02. The number of thiazole rings is 1. The molecule has 1 fully saturated rings. The van der Waals surface area contributed by atoms with Crippen LogP contribution in [0.5, 0.6) is 0 Å². The minimum absolute atomic E-state index is 0.0171. The molecule has 0 unspecified atom stereocenters. The third kappa shape index (κ3) is 3.56. The highest BCUT2D eigenvalue weighted by molar-refractivity contribution is 7.91. The average molecular weight is 356 g/mol. The average Bonchev–Trinajstić information content (AvgIpc) is 3.09. The molecule has 1 aliphatic rings. The number of carbonyl (C=O) groups is 1. The Morgan fingerprint density at radius 1 is 1.45 bits per heavy atom. The molecule has 1 atom stereocenters. The number of aromatic nitrogens is 1. The number of hydrogen-bond donors (Lipinski definition) is 1. The molecule has 1 N–H and O–H groups in total. The van der Waals surface area contributed by atoms with Gasteiger partial charge in [-0.15, -0.1) is 22.7 Å². The maximum Gasteiger partial charge on any atom is 0.226 e. The molecule has 1 amide bonds. The summed E-state index contributed by atoms with van der Waals surface area (Å²) in [5.41, 5.74) is 0.0676. The first kappa shape index (κ1) is 15.6. The van der Waals surface area contributed by atoms with Crippen molar-refractivity contribution in [2.45, 2.75) is 25.3 Å². The lowest BCUT2D eigenvalue weighted by atomic mass is 10.0. The molecule has 0 radical (unpaired) electrons. The van der Waals surface area contributed by atoms with Crippen LogP contribution in [0.25, 0.3) is 9.88 Å². The Hall–Kier alpha value is -1.25. The molecule has 0 aromatic carbocycles. The van der Waals surface area contributed by atoms with E-state index in [0.717, 1.165) is 15.6 Å². The molecule has 8 heteroatoms. The van der Waals surface area contributed by atoms with Gasteiger partial charge in [-0.3, -0.25) is 4.79 Å². The van der Waals surface area contributed by atoms with Crippen molar-refractivity contribution in [3.8, 4) is 9.88 Å². The van der Waals surface area contributed by atoms with Crippen LogP contribution in [0, 0.1) is 0 Å². The summed E-state index contributed by atoms with van der Waals surface area (Å²) in [6.07, 6.45) is 0.649. The first-order chi connectivity index (χ1) is 10.4. The summed E-state index contributed by atoms with van der Waals surface area (Å²) in [6, 6.07) is 3.97. The Kier molecular flexibility index (Phi) is 4.09. The predicted octanol–water partition coefficient (Wildman–Crippen LogP) is 2.11. The monoisotopic (exact) mass is 356 g/mol. The molecule has 3 rings (SSSR count). The third-order valence-electron chi connectivity index (χ3n) is 3.57. The first-order valence-electron chi connectivity index (χ1n) is 6.85. The predicted molar refractivity (Wildman–Crippen MR) is 88.9 cm³/mol. The summed E-state index contributed by atoms with van der Waals surface area (Å²) < 4.78 is 23.1. The van der Waals surface area contributed by atoms with E-state index in [2.05, 4.69) is 10.3 Å². The van der Waals surface area contributed by atoms with E-state index in [1.807, 2.05) is 22.9 Å². The van der Waals surface area contributed by atoms with Crippen molar-refractivity contribution in [1.82, 2.24) is 10.3 Å². The molecule has 0 aliphatic carbocycles. The molecule has 1 saturated heterocycles. The Morgan fingerprint density at radius 2 is 2.27 bits per heavy atom. The molecule has 2 aromatic heterocycles. The summed E-state index contributed by atoms with van der Waals surface area (Å²) >= 11 is 3.13. The van der Waals surface area contributed by atoms with Gasteiger partial charge in [0.05, 0.1) is 34.0 Å². The van der Waals surface area contributed by atoms with Crippen LogP contribution in [0.2, 0.25) is 0 Å². The van der Waals surface area contributed by atoms with Crippen molar-refractivity contribution in [1.29, 1.82) is 0 Å². The lowest BCUT2D eigenvalue weighted by Crippen LogP contribution is -2.47. The van der Waals surface area contributed by atoms with Gasteiger partial charge in [-0.05, 0) is 24.8 Å². The maximum absolute atomic E-state index is 12.1. The quantitative estimate of drug-likeness (QED) is 0.910. The largest absolute Gasteiger partial charge is 0.350 e. The Morgan fingerprint density at radius 3 is 2.91 bits per heavy atom. The highest BCUT2D eigenvalue weighted by Gasteiger charge is 2.39. The fraction of sp³-hybridized carbons (Fsp3) is 0.429. The number of sulfone groups is 1. The zero-order valence-electron chi connectivity index (χ0n) is 12.0. The van der Waals surface area contributed by atoms with Gasteiger partial charge in [0, 0.05) is 5.38 Å². The Balaban J connectivity index is 1.63. The molecule has 22 heavy (non-hydrogen) atoms. The normalized spacial score (nSPS) is 23.5. The highest BCUT2D eigenvalue weighted by Crippen LogP contribution is 2.28. The zero-order chi connectivity index (χ0) is 15.8. The Labute approximate surface area is 137 Å². The van der Waals surface area contributed by atoms with Gasteiger partial charge in [0.15, 0.2) is 9.84 Å². The molecule has 0 saturated carbocycles. The van der Waals surface area contributed by atoms with Gasteiger partial charge in [0.1, 0.15) is 5.01 Å². The summed E-state index contributed by atoms with van der Waals surface area (Å²) in [5.74, 6) is -0.0191. The number of amides is 1. The summed E-state index contributed by atoms with van der Waals surface area (Å²) in [5, 5.41) is 7.63. The zero-order valence-corrected chi connectivity index (χ0v) is 14.5. The number of rotatable bonds is 4. The maximum atomic E-state index is 12.1. The number of nitrogens with one attached hydrogen (secondary N) is 1. The van der Waals surface area contributed by atoms with Crippen LogP contribution in [0.1, 0.15) is 19.0 Å². The lowest BCUT2D eigenvalue weighted by Gasteiger charge is -2.23. The smallest absolute Gasteiger partial charge is 0.226 e. The number of hydrogen-bond acceptors (Lipinski definition) is 6. The van der Waals surface area contributed by atoms with Crippen LogP contribution < -0.4 is 5.32 Å². The van der Waals surface area contributed by atoms with Crippen molar-refractivity contribution >= 4 is 38.4 Å². The van der Waals surface area contributed by atoms with E-state index in [0.29, 0.717) is 6.42 Å². The van der Waals surface area contributed by atoms with Crippen molar-refractivity contribution in [2.24, 2.45) is 0 Å². The van der Waals surface area contributed by atoms with E-state index in [-0.39, 0.29) is 23.8 Å². The van der Waals surface area contributed by atoms with Crippen LogP contribution >= 0.6 is 22.7 Å². The third-order valence-corrected chi connectivity index (χ3v) is 7.40. The van der Waals surface area contributed by atoms with E-state index in [4.69, 9.17) is 0 Å². The van der Waals surface area contributed by atoms with Crippen LogP contribution in [0.3, 0.4) is 0 Å². The van der Waals surface area contributed by atoms with E-state index < -0.39 is 15.4 Å². The van der Waals surface area contributed by atoms with Crippen molar-refractivity contribution < 1.29 is 13.2 Å². The molecule has 0 bridgehead atoms. The van der Waals surface area contributed by atoms with E-state index in [1.165, 1.54) is 11.3 Å². The topological polar surface area (TPSA) is 76.1 Å². The standard InChI is InChI=1S/C14H16N2O3S3/c1-14(4-6-22(18,19)9-14)16-12(17)7-10-8-21-13(15-10)11-3-2-5-20-11/h2-3,5,8H,4,6-7,9H2,1H3,(H,16,17)/t14-/m0/s1. The Bertz CT molecular complexity index is 780.